The Kier molecular flexibility index (Phi) is 4.64. The first-order valence-corrected chi connectivity index (χ1v) is 8.14. The lowest BCUT2D eigenvalue weighted by Crippen LogP contribution is -2.52. The third kappa shape index (κ3) is 3.18. The van der Waals surface area contributed by atoms with E-state index in [0.717, 1.165) is 24.2 Å². The van der Waals surface area contributed by atoms with E-state index in [4.69, 9.17) is 5.73 Å². The predicted octanol–water partition coefficient (Wildman–Crippen LogP) is -0.162. The van der Waals surface area contributed by atoms with Crippen molar-refractivity contribution in [1.29, 1.82) is 0 Å². The van der Waals surface area contributed by atoms with Crippen molar-refractivity contribution in [3.63, 3.8) is 0 Å². The van der Waals surface area contributed by atoms with Crippen molar-refractivity contribution in [2.75, 3.05) is 20.1 Å². The summed E-state index contributed by atoms with van der Waals surface area (Å²) < 4.78 is 0. The zero-order chi connectivity index (χ0) is 17.3. The molecule has 2 aliphatic rings. The van der Waals surface area contributed by atoms with Gasteiger partial charge in [-0.25, -0.2) is 0 Å². The molecule has 0 radical (unpaired) electrons. The van der Waals surface area contributed by atoms with Crippen molar-refractivity contribution < 1.29 is 14.4 Å². The van der Waals surface area contributed by atoms with Gasteiger partial charge in [0.05, 0.1) is 0 Å². The Labute approximate surface area is 140 Å². The Hall–Kier alpha value is -2.25. The lowest BCUT2D eigenvalue weighted by atomic mass is 10.0. The van der Waals surface area contributed by atoms with Crippen LogP contribution < -0.4 is 11.1 Å². The number of carbonyl (C=O) groups excluding carboxylic acids is 3. The molecule has 1 fully saturated rings. The van der Waals surface area contributed by atoms with E-state index in [1.165, 1.54) is 0 Å². The van der Waals surface area contributed by atoms with Crippen molar-refractivity contribution in [3.8, 4) is 0 Å². The SMILES string of the molecule is CN(CCN)Cc1ccc2c(c1)C(=O)N(C1CCC(=O)NC1=O)C2. The Morgan fingerprint density at radius 2 is 2.12 bits per heavy atom. The van der Waals surface area contributed by atoms with Gasteiger partial charge in [0, 0.05) is 38.2 Å². The van der Waals surface area contributed by atoms with Crippen LogP contribution in [-0.2, 0) is 22.7 Å². The molecule has 0 spiro atoms. The molecule has 7 heteroatoms. The molecule has 1 aromatic rings. The number of piperidine rings is 1. The summed E-state index contributed by atoms with van der Waals surface area (Å²) in [6, 6.07) is 5.29. The van der Waals surface area contributed by atoms with E-state index in [1.807, 2.05) is 25.2 Å². The summed E-state index contributed by atoms with van der Waals surface area (Å²) in [7, 11) is 1.98. The highest BCUT2D eigenvalue weighted by Crippen LogP contribution is 2.28. The Bertz CT molecular complexity index is 688. The monoisotopic (exact) mass is 330 g/mol. The number of imide groups is 1. The summed E-state index contributed by atoms with van der Waals surface area (Å²) in [5, 5.41) is 2.31. The fraction of sp³-hybridized carbons (Fsp3) is 0.471. The number of rotatable bonds is 5. The van der Waals surface area contributed by atoms with Crippen LogP contribution in [0.25, 0.3) is 0 Å². The minimum absolute atomic E-state index is 0.136. The van der Waals surface area contributed by atoms with Gasteiger partial charge in [0.15, 0.2) is 0 Å². The normalized spacial score (nSPS) is 20.5. The number of fused-ring (bicyclic) bond motifs is 1. The van der Waals surface area contributed by atoms with Crippen LogP contribution in [0.5, 0.6) is 0 Å². The largest absolute Gasteiger partial charge is 0.329 e. The van der Waals surface area contributed by atoms with Crippen LogP contribution >= 0.6 is 0 Å². The van der Waals surface area contributed by atoms with Crippen LogP contribution in [0, 0.1) is 0 Å². The first-order chi connectivity index (χ1) is 11.5. The van der Waals surface area contributed by atoms with E-state index in [9.17, 15) is 14.4 Å². The third-order valence-corrected chi connectivity index (χ3v) is 4.56. The first-order valence-electron chi connectivity index (χ1n) is 8.14. The molecule has 2 aliphatic heterocycles. The number of likely N-dealkylation sites (N-methyl/N-ethyl adjacent to an activating group) is 1. The zero-order valence-corrected chi connectivity index (χ0v) is 13.7. The number of nitrogens with one attached hydrogen (secondary N) is 1. The lowest BCUT2D eigenvalue weighted by molar-refractivity contribution is -0.136. The molecule has 0 aliphatic carbocycles. The molecule has 24 heavy (non-hydrogen) atoms. The number of hydrogen-bond donors (Lipinski definition) is 2. The molecule has 3 amide bonds. The van der Waals surface area contributed by atoms with Gasteiger partial charge in [-0.1, -0.05) is 12.1 Å². The summed E-state index contributed by atoms with van der Waals surface area (Å²) in [6.45, 7) is 2.51. The highest BCUT2D eigenvalue weighted by molar-refractivity contribution is 6.05. The van der Waals surface area contributed by atoms with Crippen molar-refractivity contribution in [1.82, 2.24) is 15.1 Å². The molecule has 1 unspecified atom stereocenters. The van der Waals surface area contributed by atoms with Gasteiger partial charge < -0.3 is 15.5 Å². The maximum absolute atomic E-state index is 12.7. The van der Waals surface area contributed by atoms with Gasteiger partial charge in [-0.3, -0.25) is 19.7 Å². The molecule has 7 nitrogen and oxygen atoms in total. The zero-order valence-electron chi connectivity index (χ0n) is 13.7. The smallest absolute Gasteiger partial charge is 0.255 e. The minimum Gasteiger partial charge on any atom is -0.329 e. The third-order valence-electron chi connectivity index (χ3n) is 4.56. The van der Waals surface area contributed by atoms with Crippen molar-refractivity contribution in [2.24, 2.45) is 5.73 Å². The van der Waals surface area contributed by atoms with Gasteiger partial charge in [-0.2, -0.15) is 0 Å². The fourth-order valence-electron chi connectivity index (χ4n) is 3.31. The maximum Gasteiger partial charge on any atom is 0.255 e. The van der Waals surface area contributed by atoms with Crippen LogP contribution in [-0.4, -0.2) is 53.7 Å². The molecule has 1 atom stereocenters. The highest BCUT2D eigenvalue weighted by atomic mass is 16.2. The number of nitrogens with two attached hydrogens (primary N) is 1. The number of hydrogen-bond acceptors (Lipinski definition) is 5. The van der Waals surface area contributed by atoms with Crippen LogP contribution in [0.15, 0.2) is 18.2 Å². The molecule has 0 aromatic heterocycles. The summed E-state index contributed by atoms with van der Waals surface area (Å²) in [4.78, 5) is 39.7. The molecule has 128 valence electrons. The Morgan fingerprint density at radius 3 is 2.83 bits per heavy atom. The quantitative estimate of drug-likeness (QED) is 0.731. The molecule has 3 N–H and O–H groups in total. The Balaban J connectivity index is 1.75. The maximum atomic E-state index is 12.7. The fourth-order valence-corrected chi connectivity index (χ4v) is 3.31. The summed E-state index contributed by atoms with van der Waals surface area (Å²) in [5.41, 5.74) is 8.18. The van der Waals surface area contributed by atoms with Gasteiger partial charge in [0.2, 0.25) is 11.8 Å². The van der Waals surface area contributed by atoms with Crippen LogP contribution in [0.2, 0.25) is 0 Å². The minimum atomic E-state index is -0.564. The second kappa shape index (κ2) is 6.70. The molecular weight excluding hydrogens is 308 g/mol. The molecular formula is C17H22N4O3. The second-order valence-electron chi connectivity index (χ2n) is 6.42. The molecule has 1 saturated heterocycles. The van der Waals surface area contributed by atoms with Gasteiger partial charge in [0.25, 0.3) is 5.91 Å². The average Bonchev–Trinajstić information content (AvgIpc) is 2.84. The second-order valence-corrected chi connectivity index (χ2v) is 6.42. The van der Waals surface area contributed by atoms with Crippen LogP contribution in [0.1, 0.15) is 34.3 Å². The molecule has 1 aromatic carbocycles. The highest BCUT2D eigenvalue weighted by Gasteiger charge is 2.39. The molecule has 0 saturated carbocycles. The van der Waals surface area contributed by atoms with Gasteiger partial charge in [-0.05, 0) is 30.7 Å². The summed E-state index contributed by atoms with van der Waals surface area (Å²) in [5.74, 6) is -0.788. The summed E-state index contributed by atoms with van der Waals surface area (Å²) >= 11 is 0. The predicted molar refractivity (Wildman–Crippen MR) is 87.9 cm³/mol. The van der Waals surface area contributed by atoms with Crippen molar-refractivity contribution in [3.05, 3.63) is 34.9 Å². The average molecular weight is 330 g/mol. The number of benzene rings is 1. The van der Waals surface area contributed by atoms with Gasteiger partial charge >= 0.3 is 0 Å². The van der Waals surface area contributed by atoms with Crippen LogP contribution in [0.3, 0.4) is 0 Å². The van der Waals surface area contributed by atoms with E-state index in [2.05, 4.69) is 10.2 Å². The summed E-state index contributed by atoms with van der Waals surface area (Å²) in [6.07, 6.45) is 0.655. The lowest BCUT2D eigenvalue weighted by Gasteiger charge is -2.29. The topological polar surface area (TPSA) is 95.7 Å². The van der Waals surface area contributed by atoms with Crippen molar-refractivity contribution in [2.45, 2.75) is 32.0 Å². The standard InChI is InChI=1S/C17H22N4O3/c1-20(7-6-18)9-11-2-3-12-10-21(17(24)13(12)8-11)14-4-5-15(22)19-16(14)23/h2-3,8,14H,4-7,9-10,18H2,1H3,(H,19,22,23). The first kappa shape index (κ1) is 16.6. The van der Waals surface area contributed by atoms with Crippen LogP contribution in [0.4, 0.5) is 0 Å². The molecule has 2 heterocycles. The van der Waals surface area contributed by atoms with E-state index >= 15 is 0 Å². The van der Waals surface area contributed by atoms with Crippen molar-refractivity contribution >= 4 is 17.7 Å². The van der Waals surface area contributed by atoms with Gasteiger partial charge in [-0.15, -0.1) is 0 Å². The van der Waals surface area contributed by atoms with Gasteiger partial charge in [0.1, 0.15) is 6.04 Å². The number of carbonyl (C=O) groups is 3. The molecule has 0 bridgehead atoms. The van der Waals surface area contributed by atoms with E-state index in [0.29, 0.717) is 25.1 Å². The number of amides is 3. The van der Waals surface area contributed by atoms with E-state index < -0.39 is 6.04 Å². The number of nitrogens with zero attached hydrogens (tertiary/aromatic N) is 2. The van der Waals surface area contributed by atoms with E-state index in [-0.39, 0.29) is 24.1 Å². The molecule has 3 rings (SSSR count). The Morgan fingerprint density at radius 1 is 1.33 bits per heavy atom. The van der Waals surface area contributed by atoms with E-state index in [1.54, 1.807) is 4.90 Å².